The second-order valence-corrected chi connectivity index (χ2v) is 15.0. The van der Waals surface area contributed by atoms with E-state index >= 15 is 0 Å². The number of ketones is 1. The van der Waals surface area contributed by atoms with Crippen LogP contribution in [0, 0.1) is 13.8 Å². The van der Waals surface area contributed by atoms with Gasteiger partial charge in [0.1, 0.15) is 30.0 Å². The SMILES string of the molecule is C.Cc1cnc2ccc(=O)n(CCC3(O)CCC(=O)CC3)c2n1.Cc1cnc2ccc(=O)n(CCC3(O)CCC(NCc4cc5c(cn4)OCCO5)CC3)c2n1. The van der Waals surface area contributed by atoms with E-state index in [-0.39, 0.29) is 24.3 Å². The molecule has 5 aromatic heterocycles. The number of nitrogens with one attached hydrogen (secondary N) is 1. The first-order valence-corrected chi connectivity index (χ1v) is 19.1. The summed E-state index contributed by atoms with van der Waals surface area (Å²) in [5.74, 6) is 1.64. The zero-order valence-corrected chi connectivity index (χ0v) is 31.4. The minimum Gasteiger partial charge on any atom is -0.486 e. The number of aryl methyl sites for hydroxylation is 4. The highest BCUT2D eigenvalue weighted by Crippen LogP contribution is 2.33. The molecule has 2 aliphatic carbocycles. The van der Waals surface area contributed by atoms with Gasteiger partial charge in [-0.25, -0.2) is 9.97 Å². The van der Waals surface area contributed by atoms with E-state index in [1.165, 1.54) is 12.1 Å². The fourth-order valence-corrected chi connectivity index (χ4v) is 7.53. The lowest BCUT2D eigenvalue weighted by atomic mass is 9.80. The summed E-state index contributed by atoms with van der Waals surface area (Å²) in [5.41, 5.74) is 2.97. The van der Waals surface area contributed by atoms with Gasteiger partial charge in [0.25, 0.3) is 11.1 Å². The second-order valence-electron chi connectivity index (χ2n) is 15.0. The van der Waals surface area contributed by atoms with Crippen LogP contribution >= 0.6 is 0 Å². The van der Waals surface area contributed by atoms with Crippen molar-refractivity contribution in [3.05, 3.63) is 86.7 Å². The van der Waals surface area contributed by atoms with Crippen LogP contribution in [0.5, 0.6) is 11.5 Å². The quantitative estimate of drug-likeness (QED) is 0.194. The topological polar surface area (TPSA) is 196 Å². The summed E-state index contributed by atoms with van der Waals surface area (Å²) < 4.78 is 14.3. The van der Waals surface area contributed by atoms with E-state index in [1.54, 1.807) is 39.9 Å². The highest BCUT2D eigenvalue weighted by molar-refractivity contribution is 5.79. The number of fused-ring (bicyclic) bond motifs is 3. The van der Waals surface area contributed by atoms with Crippen LogP contribution in [0.25, 0.3) is 22.3 Å². The third-order valence-electron chi connectivity index (χ3n) is 10.9. The summed E-state index contributed by atoms with van der Waals surface area (Å²) in [6.45, 7) is 6.23. The van der Waals surface area contributed by atoms with Gasteiger partial charge in [0.2, 0.25) is 0 Å². The molecule has 0 amide bonds. The first-order chi connectivity index (χ1) is 26.5. The molecule has 3 aliphatic rings. The third kappa shape index (κ3) is 9.63. The van der Waals surface area contributed by atoms with Gasteiger partial charge >= 0.3 is 0 Å². The molecule has 0 spiro atoms. The predicted molar refractivity (Wildman–Crippen MR) is 211 cm³/mol. The van der Waals surface area contributed by atoms with Gasteiger partial charge < -0.3 is 25.0 Å². The number of aliphatic hydroxyl groups is 2. The number of carbonyl (C=O) groups excluding carboxylic acids is 1. The highest BCUT2D eigenvalue weighted by atomic mass is 16.6. The standard InChI is InChI=1S/C24H29N5O4.C16H19N3O3.CH4/c1-16-13-27-19-2-3-22(30)29(23(19)28-16)9-8-24(31)6-4-17(5-7-24)25-14-18-12-20-21(15-26-18)33-11-10-32-20;1-11-10-17-13-2-3-14(21)19(15(13)18-11)9-8-16(22)6-4-12(20)5-7-16;/h2-3,12-13,15,17,25,31H,4-11,14H2,1H3;2-3,10,22H,4-9H2,1H3;1H4. The summed E-state index contributed by atoms with van der Waals surface area (Å²) >= 11 is 0. The molecule has 0 saturated heterocycles. The van der Waals surface area contributed by atoms with Crippen LogP contribution < -0.4 is 25.9 Å². The molecule has 0 atom stereocenters. The van der Waals surface area contributed by atoms with E-state index in [4.69, 9.17) is 9.47 Å². The van der Waals surface area contributed by atoms with Crippen molar-refractivity contribution in [1.82, 2.24) is 39.4 Å². The molecule has 3 N–H and O–H groups in total. The van der Waals surface area contributed by atoms with Gasteiger partial charge in [0, 0.05) is 69.1 Å². The van der Waals surface area contributed by atoms with Gasteiger partial charge in [-0.1, -0.05) is 7.43 Å². The molecule has 2 saturated carbocycles. The summed E-state index contributed by atoms with van der Waals surface area (Å²) in [4.78, 5) is 57.9. The third-order valence-corrected chi connectivity index (χ3v) is 10.9. The van der Waals surface area contributed by atoms with E-state index in [9.17, 15) is 24.6 Å². The molecule has 0 unspecified atom stereocenters. The fraction of sp³-hybridized carbons (Fsp3) is 0.512. The molecule has 0 aromatic carbocycles. The van der Waals surface area contributed by atoms with Gasteiger partial charge in [0.15, 0.2) is 22.8 Å². The molecule has 5 aromatic rings. The zero-order chi connectivity index (χ0) is 38.6. The molecule has 298 valence electrons. The maximum atomic E-state index is 12.5. The number of hydrogen-bond acceptors (Lipinski definition) is 13. The van der Waals surface area contributed by atoms with Crippen molar-refractivity contribution in [2.24, 2.45) is 0 Å². The van der Waals surface area contributed by atoms with Crippen LogP contribution in [-0.2, 0) is 24.4 Å². The summed E-state index contributed by atoms with van der Waals surface area (Å²) in [6.07, 6.45) is 10.9. The lowest BCUT2D eigenvalue weighted by Crippen LogP contribution is -2.42. The molecular formula is C41H52N8O7. The molecule has 0 bridgehead atoms. The number of nitrogens with zero attached hydrogens (tertiary/aromatic N) is 7. The Morgan fingerprint density at radius 3 is 1.80 bits per heavy atom. The minimum atomic E-state index is -0.868. The van der Waals surface area contributed by atoms with Gasteiger partial charge in [-0.15, -0.1) is 0 Å². The largest absolute Gasteiger partial charge is 0.486 e. The fourth-order valence-electron chi connectivity index (χ4n) is 7.53. The van der Waals surface area contributed by atoms with Crippen molar-refractivity contribution in [3.63, 3.8) is 0 Å². The summed E-state index contributed by atoms with van der Waals surface area (Å²) in [7, 11) is 0. The Kier molecular flexibility index (Phi) is 12.6. The average molecular weight is 769 g/mol. The Balaban J connectivity index is 0.000000202. The maximum absolute atomic E-state index is 12.5. The summed E-state index contributed by atoms with van der Waals surface area (Å²) in [6, 6.07) is 8.59. The highest BCUT2D eigenvalue weighted by Gasteiger charge is 2.34. The molecule has 6 heterocycles. The number of aromatic nitrogens is 7. The van der Waals surface area contributed by atoms with E-state index < -0.39 is 11.2 Å². The van der Waals surface area contributed by atoms with Crippen LogP contribution in [0.3, 0.4) is 0 Å². The molecule has 0 radical (unpaired) electrons. The lowest BCUT2D eigenvalue weighted by molar-refractivity contribution is -0.125. The van der Waals surface area contributed by atoms with Gasteiger partial charge in [-0.3, -0.25) is 38.5 Å². The number of hydrogen-bond donors (Lipinski definition) is 3. The zero-order valence-electron chi connectivity index (χ0n) is 31.4. The Labute approximate surface area is 325 Å². The molecular weight excluding hydrogens is 716 g/mol. The first-order valence-electron chi connectivity index (χ1n) is 19.1. The summed E-state index contributed by atoms with van der Waals surface area (Å²) in [5, 5.41) is 25.3. The second kappa shape index (κ2) is 17.3. The smallest absolute Gasteiger partial charge is 0.252 e. The lowest BCUT2D eigenvalue weighted by Gasteiger charge is -2.36. The number of carbonyl (C=O) groups is 1. The normalized spacial score (nSPS) is 20.2. The Morgan fingerprint density at radius 1 is 0.732 bits per heavy atom. The van der Waals surface area contributed by atoms with Crippen LogP contribution in [0.2, 0.25) is 0 Å². The van der Waals surface area contributed by atoms with Crippen molar-refractivity contribution in [2.75, 3.05) is 13.2 Å². The van der Waals surface area contributed by atoms with Crippen molar-refractivity contribution < 1.29 is 24.5 Å². The number of Topliss-reactive ketones (excluding diaryl/α,β-unsaturated/α-hetero) is 1. The average Bonchev–Trinajstić information content (AvgIpc) is 3.18. The Morgan fingerprint density at radius 2 is 1.25 bits per heavy atom. The molecule has 15 heteroatoms. The number of pyridine rings is 3. The van der Waals surface area contributed by atoms with Crippen LogP contribution in [0.4, 0.5) is 0 Å². The van der Waals surface area contributed by atoms with Crippen LogP contribution in [0.1, 0.15) is 88.7 Å². The number of ether oxygens (including phenoxy) is 2. The number of rotatable bonds is 9. The van der Waals surface area contributed by atoms with E-state index in [2.05, 4.69) is 30.2 Å². The van der Waals surface area contributed by atoms with E-state index in [1.807, 2.05) is 19.9 Å². The first kappa shape index (κ1) is 40.5. The Hall–Kier alpha value is -5.12. The van der Waals surface area contributed by atoms with Gasteiger partial charge in [-0.05, 0) is 77.3 Å². The van der Waals surface area contributed by atoms with Crippen molar-refractivity contribution in [3.8, 4) is 11.5 Å². The maximum Gasteiger partial charge on any atom is 0.252 e. The van der Waals surface area contributed by atoms with Gasteiger partial charge in [-0.2, -0.15) is 0 Å². The Bertz CT molecular complexity index is 2290. The van der Waals surface area contributed by atoms with Crippen molar-refractivity contribution >= 4 is 28.1 Å². The molecule has 15 nitrogen and oxygen atoms in total. The van der Waals surface area contributed by atoms with Crippen LogP contribution in [-0.4, -0.2) is 80.5 Å². The molecule has 2 fully saturated rings. The van der Waals surface area contributed by atoms with Gasteiger partial charge in [0.05, 0.1) is 34.5 Å². The van der Waals surface area contributed by atoms with Crippen LogP contribution in [0.15, 0.2) is 58.5 Å². The van der Waals surface area contributed by atoms with E-state index in [0.29, 0.717) is 118 Å². The van der Waals surface area contributed by atoms with Crippen molar-refractivity contribution in [1.29, 1.82) is 0 Å². The molecule has 56 heavy (non-hydrogen) atoms. The monoisotopic (exact) mass is 768 g/mol. The minimum absolute atomic E-state index is 0. The molecule has 8 rings (SSSR count). The predicted octanol–water partition coefficient (Wildman–Crippen LogP) is 4.12. The van der Waals surface area contributed by atoms with E-state index in [0.717, 1.165) is 35.7 Å². The molecule has 1 aliphatic heterocycles. The van der Waals surface area contributed by atoms with Crippen molar-refractivity contribution in [2.45, 2.75) is 122 Å².